The van der Waals surface area contributed by atoms with Crippen molar-refractivity contribution >= 4 is 16.0 Å². The van der Waals surface area contributed by atoms with Crippen LogP contribution in [0.1, 0.15) is 5.56 Å². The molecule has 6 nitrogen and oxygen atoms in total. The zero-order valence-electron chi connectivity index (χ0n) is 9.87. The maximum atomic E-state index is 10.9. The molecule has 0 aliphatic rings. The number of nitrogens with one attached hydrogen (secondary N) is 1. The Balaban J connectivity index is 2.46. The minimum Gasteiger partial charge on any atom is -0.480 e. The predicted octanol–water partition coefficient (Wildman–Crippen LogP) is 0.206. The van der Waals surface area contributed by atoms with Gasteiger partial charge in [-0.1, -0.05) is 30.3 Å². The predicted molar refractivity (Wildman–Crippen MR) is 65.5 cm³/mol. The molecule has 1 aromatic rings. The Bertz CT molecular complexity index is 485. The molecule has 100 valence electrons. The van der Waals surface area contributed by atoms with E-state index in [1.165, 1.54) is 0 Å². The normalized spacial score (nSPS) is 13.2. The van der Waals surface area contributed by atoms with E-state index in [1.54, 1.807) is 0 Å². The van der Waals surface area contributed by atoms with Gasteiger partial charge in [-0.05, 0) is 5.56 Å². The first-order chi connectivity index (χ1) is 8.38. The highest BCUT2D eigenvalue weighted by molar-refractivity contribution is 7.88. The van der Waals surface area contributed by atoms with E-state index < -0.39 is 22.0 Å². The van der Waals surface area contributed by atoms with E-state index in [9.17, 15) is 13.2 Å². The van der Waals surface area contributed by atoms with Crippen molar-refractivity contribution in [3.8, 4) is 0 Å². The van der Waals surface area contributed by atoms with Crippen molar-refractivity contribution in [3.63, 3.8) is 0 Å². The van der Waals surface area contributed by atoms with E-state index in [1.807, 2.05) is 35.1 Å². The van der Waals surface area contributed by atoms with E-state index in [-0.39, 0.29) is 13.2 Å². The Morgan fingerprint density at radius 3 is 2.50 bits per heavy atom. The highest BCUT2D eigenvalue weighted by Gasteiger charge is 2.21. The third-order valence-electron chi connectivity index (χ3n) is 2.05. The van der Waals surface area contributed by atoms with Crippen LogP contribution in [0.15, 0.2) is 30.3 Å². The molecule has 18 heavy (non-hydrogen) atoms. The Morgan fingerprint density at radius 1 is 1.39 bits per heavy atom. The van der Waals surface area contributed by atoms with Gasteiger partial charge in [-0.25, -0.2) is 8.42 Å². The number of sulfonamides is 1. The lowest BCUT2D eigenvalue weighted by Gasteiger charge is -2.13. The fraction of sp³-hybridized carbons (Fsp3) is 0.364. The van der Waals surface area contributed by atoms with Gasteiger partial charge in [0.25, 0.3) is 0 Å². The first kappa shape index (κ1) is 14.6. The number of benzene rings is 1. The van der Waals surface area contributed by atoms with E-state index in [4.69, 9.17) is 9.84 Å². The molecule has 0 heterocycles. The van der Waals surface area contributed by atoms with Gasteiger partial charge in [0.05, 0.1) is 19.5 Å². The fourth-order valence-corrected chi connectivity index (χ4v) is 1.97. The van der Waals surface area contributed by atoms with Crippen molar-refractivity contribution in [2.45, 2.75) is 12.6 Å². The van der Waals surface area contributed by atoms with Gasteiger partial charge in [-0.2, -0.15) is 4.72 Å². The Kier molecular flexibility index (Phi) is 5.26. The summed E-state index contributed by atoms with van der Waals surface area (Å²) in [5.74, 6) is -1.27. The summed E-state index contributed by atoms with van der Waals surface area (Å²) in [6, 6.07) is 7.92. The molecule has 0 spiro atoms. The van der Waals surface area contributed by atoms with E-state index in [0.717, 1.165) is 11.8 Å². The van der Waals surface area contributed by atoms with Crippen LogP contribution < -0.4 is 4.72 Å². The van der Waals surface area contributed by atoms with Crippen molar-refractivity contribution in [2.75, 3.05) is 12.9 Å². The highest BCUT2D eigenvalue weighted by atomic mass is 32.2. The van der Waals surface area contributed by atoms with Crippen molar-refractivity contribution < 1.29 is 23.1 Å². The van der Waals surface area contributed by atoms with Crippen LogP contribution >= 0.6 is 0 Å². The molecule has 0 saturated carbocycles. The summed E-state index contributed by atoms with van der Waals surface area (Å²) in [6.07, 6.45) is 0.903. The molecule has 0 aliphatic carbocycles. The van der Waals surface area contributed by atoms with Gasteiger partial charge in [0.15, 0.2) is 0 Å². The minimum atomic E-state index is -3.57. The van der Waals surface area contributed by atoms with Gasteiger partial charge in [-0.15, -0.1) is 0 Å². The van der Waals surface area contributed by atoms with Gasteiger partial charge < -0.3 is 9.84 Å². The monoisotopic (exact) mass is 273 g/mol. The maximum absolute atomic E-state index is 10.9. The Hall–Kier alpha value is -1.44. The minimum absolute atomic E-state index is 0.225. The van der Waals surface area contributed by atoms with E-state index in [0.29, 0.717) is 0 Å². The van der Waals surface area contributed by atoms with Crippen LogP contribution in [0.4, 0.5) is 0 Å². The average molecular weight is 273 g/mol. The van der Waals surface area contributed by atoms with Gasteiger partial charge >= 0.3 is 5.97 Å². The summed E-state index contributed by atoms with van der Waals surface area (Å²) >= 11 is 0. The number of carboxylic acids is 1. The molecule has 0 aliphatic heterocycles. The zero-order chi connectivity index (χ0) is 13.6. The van der Waals surface area contributed by atoms with Gasteiger partial charge in [0, 0.05) is 0 Å². The summed E-state index contributed by atoms with van der Waals surface area (Å²) in [5.41, 5.74) is 0.890. The zero-order valence-corrected chi connectivity index (χ0v) is 10.7. The lowest BCUT2D eigenvalue weighted by molar-refractivity contribution is -0.140. The standard InChI is InChI=1S/C11H15NO5S/c1-18(15,16)12-10(11(13)14)8-17-7-9-5-3-2-4-6-9/h2-6,10,12H,7-8H2,1H3,(H,13,14)/t10-/m1/s1. The third kappa shape index (κ3) is 5.76. The van der Waals surface area contributed by atoms with Gasteiger partial charge in [0.2, 0.25) is 10.0 Å². The van der Waals surface area contributed by atoms with Gasteiger partial charge in [-0.3, -0.25) is 4.79 Å². The molecular weight excluding hydrogens is 258 g/mol. The lowest BCUT2D eigenvalue weighted by atomic mass is 10.2. The largest absolute Gasteiger partial charge is 0.480 e. The average Bonchev–Trinajstić information content (AvgIpc) is 2.27. The first-order valence-electron chi connectivity index (χ1n) is 5.20. The summed E-state index contributed by atoms with van der Waals surface area (Å²) in [6.45, 7) is 0.00730. The van der Waals surface area contributed by atoms with Crippen LogP contribution in [0.3, 0.4) is 0 Å². The molecule has 1 atom stereocenters. The molecule has 0 unspecified atom stereocenters. The topological polar surface area (TPSA) is 92.7 Å². The van der Waals surface area contributed by atoms with E-state index in [2.05, 4.69) is 0 Å². The molecule has 0 fully saturated rings. The number of carboxylic acid groups (broad SMARTS) is 1. The number of hydrogen-bond acceptors (Lipinski definition) is 4. The summed E-state index contributed by atoms with van der Waals surface area (Å²) in [5, 5.41) is 8.83. The van der Waals surface area contributed by atoms with E-state index >= 15 is 0 Å². The molecule has 0 bridgehead atoms. The molecule has 0 saturated heterocycles. The molecule has 1 aromatic carbocycles. The van der Waals surface area contributed by atoms with Crippen LogP contribution in [0.25, 0.3) is 0 Å². The molecular formula is C11H15NO5S. The highest BCUT2D eigenvalue weighted by Crippen LogP contribution is 2.01. The van der Waals surface area contributed by atoms with Crippen molar-refractivity contribution in [3.05, 3.63) is 35.9 Å². The van der Waals surface area contributed by atoms with Crippen LogP contribution in [0.2, 0.25) is 0 Å². The smallest absolute Gasteiger partial charge is 0.324 e. The van der Waals surface area contributed by atoms with Crippen LogP contribution in [0.5, 0.6) is 0 Å². The van der Waals surface area contributed by atoms with Crippen molar-refractivity contribution in [2.24, 2.45) is 0 Å². The quantitative estimate of drug-likeness (QED) is 0.740. The van der Waals surface area contributed by atoms with Crippen LogP contribution in [-0.4, -0.2) is 38.4 Å². The van der Waals surface area contributed by atoms with Crippen LogP contribution in [0, 0.1) is 0 Å². The second-order valence-corrected chi connectivity index (χ2v) is 5.56. The Labute approximate surface area is 106 Å². The lowest BCUT2D eigenvalue weighted by Crippen LogP contribution is -2.43. The fourth-order valence-electron chi connectivity index (χ4n) is 1.28. The number of hydrogen-bond donors (Lipinski definition) is 2. The third-order valence-corrected chi connectivity index (χ3v) is 2.76. The molecule has 7 heteroatoms. The summed E-state index contributed by atoms with van der Waals surface area (Å²) in [4.78, 5) is 10.8. The molecule has 0 radical (unpaired) electrons. The Morgan fingerprint density at radius 2 is 2.00 bits per heavy atom. The van der Waals surface area contributed by atoms with Crippen molar-refractivity contribution in [1.29, 1.82) is 0 Å². The number of rotatable bonds is 7. The van der Waals surface area contributed by atoms with Crippen LogP contribution in [-0.2, 0) is 26.2 Å². The SMILES string of the molecule is CS(=O)(=O)N[C@H](COCc1ccccc1)C(=O)O. The number of ether oxygens (including phenoxy) is 1. The second-order valence-electron chi connectivity index (χ2n) is 3.78. The maximum Gasteiger partial charge on any atom is 0.324 e. The number of carbonyl (C=O) groups is 1. The van der Waals surface area contributed by atoms with Crippen molar-refractivity contribution in [1.82, 2.24) is 4.72 Å². The van der Waals surface area contributed by atoms with Gasteiger partial charge in [0.1, 0.15) is 6.04 Å². The molecule has 0 amide bonds. The second kappa shape index (κ2) is 6.48. The number of aliphatic carboxylic acids is 1. The molecule has 2 N–H and O–H groups in total. The molecule has 0 aromatic heterocycles. The summed E-state index contributed by atoms with van der Waals surface area (Å²) < 4.78 is 29.1. The molecule has 1 rings (SSSR count). The first-order valence-corrected chi connectivity index (χ1v) is 7.09. The summed E-state index contributed by atoms with van der Waals surface area (Å²) in [7, 11) is -3.57.